The molecule has 0 rings (SSSR count). The highest BCUT2D eigenvalue weighted by atomic mass is 16.6. The summed E-state index contributed by atoms with van der Waals surface area (Å²) in [7, 11) is 0. The first kappa shape index (κ1) is 75.8. The van der Waals surface area contributed by atoms with Crippen LogP contribution in [0.5, 0.6) is 0 Å². The van der Waals surface area contributed by atoms with Gasteiger partial charge >= 0.3 is 17.9 Å². The lowest BCUT2D eigenvalue weighted by molar-refractivity contribution is -0.167. The third-order valence-corrected chi connectivity index (χ3v) is 14.2. The van der Waals surface area contributed by atoms with Crippen molar-refractivity contribution in [2.45, 2.75) is 316 Å². The van der Waals surface area contributed by atoms with E-state index in [0.29, 0.717) is 19.3 Å². The third kappa shape index (κ3) is 64.6. The molecule has 0 fully saturated rings. The predicted octanol–water partition coefficient (Wildman–Crippen LogP) is 23.2. The van der Waals surface area contributed by atoms with Gasteiger partial charge in [0.25, 0.3) is 0 Å². The van der Waals surface area contributed by atoms with Crippen molar-refractivity contribution in [3.05, 3.63) is 122 Å². The molecule has 0 bridgehead atoms. The van der Waals surface area contributed by atoms with E-state index in [1.807, 2.05) is 0 Å². The molecule has 1 unspecified atom stereocenters. The van der Waals surface area contributed by atoms with E-state index >= 15 is 0 Å². The number of unbranched alkanes of at least 4 members (excludes halogenated alkanes) is 29. The highest BCUT2D eigenvalue weighted by Gasteiger charge is 2.19. The first-order valence-corrected chi connectivity index (χ1v) is 33.5. The zero-order chi connectivity index (χ0) is 57.8. The van der Waals surface area contributed by atoms with E-state index in [4.69, 9.17) is 14.2 Å². The van der Waals surface area contributed by atoms with E-state index in [9.17, 15) is 14.4 Å². The van der Waals surface area contributed by atoms with Crippen LogP contribution < -0.4 is 0 Å². The quantitative estimate of drug-likeness (QED) is 0.0261. The molecule has 0 radical (unpaired) electrons. The maximum atomic E-state index is 12.9. The number of hydrogen-bond acceptors (Lipinski definition) is 6. The van der Waals surface area contributed by atoms with Gasteiger partial charge in [-0.25, -0.2) is 0 Å². The van der Waals surface area contributed by atoms with E-state index in [2.05, 4.69) is 142 Å². The Morgan fingerprint density at radius 2 is 0.487 bits per heavy atom. The normalized spacial score (nSPS) is 12.9. The zero-order valence-corrected chi connectivity index (χ0v) is 52.3. The van der Waals surface area contributed by atoms with Crippen molar-refractivity contribution in [2.75, 3.05) is 13.2 Å². The Labute approximate surface area is 494 Å². The highest BCUT2D eigenvalue weighted by molar-refractivity contribution is 5.71. The first-order valence-electron chi connectivity index (χ1n) is 33.5. The predicted molar refractivity (Wildman–Crippen MR) is 348 cm³/mol. The van der Waals surface area contributed by atoms with Crippen molar-refractivity contribution < 1.29 is 28.6 Å². The average Bonchev–Trinajstić information content (AvgIpc) is 3.46. The second-order valence-electron chi connectivity index (χ2n) is 22.0. The molecule has 456 valence electrons. The minimum atomic E-state index is -0.799. The number of allylic oxidation sites excluding steroid dienone is 20. The van der Waals surface area contributed by atoms with Crippen LogP contribution in [-0.4, -0.2) is 37.2 Å². The largest absolute Gasteiger partial charge is 0.462 e. The second-order valence-corrected chi connectivity index (χ2v) is 22.0. The summed E-state index contributed by atoms with van der Waals surface area (Å²) in [5.74, 6) is -0.917. The fraction of sp³-hybridized carbons (Fsp3) is 0.689. The summed E-state index contributed by atoms with van der Waals surface area (Å²) in [6, 6.07) is 0. The van der Waals surface area contributed by atoms with Crippen LogP contribution in [0.2, 0.25) is 0 Å². The molecular weight excluding hydrogens is 985 g/mol. The van der Waals surface area contributed by atoms with Crippen LogP contribution in [0.1, 0.15) is 310 Å². The van der Waals surface area contributed by atoms with Crippen molar-refractivity contribution in [3.8, 4) is 0 Å². The number of rotatable bonds is 60. The molecule has 0 aromatic carbocycles. The average molecular weight is 1110 g/mol. The van der Waals surface area contributed by atoms with Gasteiger partial charge in [-0.3, -0.25) is 14.4 Å². The molecular formula is C74H124O6. The second kappa shape index (κ2) is 67.3. The van der Waals surface area contributed by atoms with Crippen molar-refractivity contribution >= 4 is 17.9 Å². The van der Waals surface area contributed by atoms with Crippen LogP contribution in [0.15, 0.2) is 122 Å². The van der Waals surface area contributed by atoms with Crippen LogP contribution in [-0.2, 0) is 28.6 Å². The Morgan fingerprint density at radius 3 is 0.775 bits per heavy atom. The van der Waals surface area contributed by atoms with Gasteiger partial charge in [0.1, 0.15) is 13.2 Å². The van der Waals surface area contributed by atoms with E-state index < -0.39 is 6.10 Å². The summed E-state index contributed by atoms with van der Waals surface area (Å²) < 4.78 is 16.9. The van der Waals surface area contributed by atoms with Crippen LogP contribution in [0.3, 0.4) is 0 Å². The summed E-state index contributed by atoms with van der Waals surface area (Å²) in [6.07, 6.45) is 93.5. The van der Waals surface area contributed by atoms with Gasteiger partial charge in [-0.2, -0.15) is 0 Å². The zero-order valence-electron chi connectivity index (χ0n) is 52.3. The Bertz CT molecular complexity index is 1650. The van der Waals surface area contributed by atoms with Gasteiger partial charge in [0, 0.05) is 19.3 Å². The topological polar surface area (TPSA) is 78.9 Å². The highest BCUT2D eigenvalue weighted by Crippen LogP contribution is 2.16. The van der Waals surface area contributed by atoms with Crippen molar-refractivity contribution in [1.82, 2.24) is 0 Å². The van der Waals surface area contributed by atoms with Gasteiger partial charge in [0.15, 0.2) is 6.10 Å². The van der Waals surface area contributed by atoms with Gasteiger partial charge in [-0.05, 0) is 128 Å². The third-order valence-electron chi connectivity index (χ3n) is 14.2. The van der Waals surface area contributed by atoms with Gasteiger partial charge in [-0.15, -0.1) is 0 Å². The first-order chi connectivity index (χ1) is 39.5. The summed E-state index contributed by atoms with van der Waals surface area (Å²) in [5.41, 5.74) is 0. The molecule has 0 saturated carbocycles. The molecule has 0 aromatic rings. The van der Waals surface area contributed by atoms with Crippen LogP contribution in [0.4, 0.5) is 0 Å². The fourth-order valence-corrected chi connectivity index (χ4v) is 9.22. The Morgan fingerprint density at radius 1 is 0.263 bits per heavy atom. The molecule has 0 N–H and O–H groups in total. The molecule has 0 aliphatic heterocycles. The monoisotopic (exact) mass is 1110 g/mol. The van der Waals surface area contributed by atoms with Gasteiger partial charge < -0.3 is 14.2 Å². The summed E-state index contributed by atoms with van der Waals surface area (Å²) >= 11 is 0. The van der Waals surface area contributed by atoms with Gasteiger partial charge in [0.05, 0.1) is 0 Å². The molecule has 0 aromatic heterocycles. The lowest BCUT2D eigenvalue weighted by Gasteiger charge is -2.18. The van der Waals surface area contributed by atoms with E-state index in [1.165, 1.54) is 135 Å². The van der Waals surface area contributed by atoms with Crippen molar-refractivity contribution in [1.29, 1.82) is 0 Å². The minimum Gasteiger partial charge on any atom is -0.462 e. The molecule has 80 heavy (non-hydrogen) atoms. The Hall–Kier alpha value is -4.19. The summed E-state index contributed by atoms with van der Waals surface area (Å²) in [6.45, 7) is 6.40. The molecule has 0 saturated heterocycles. The number of esters is 3. The molecule has 6 heteroatoms. The molecule has 1 atom stereocenters. The van der Waals surface area contributed by atoms with Gasteiger partial charge in [0.2, 0.25) is 0 Å². The standard InChI is InChI=1S/C74H124O6/c1-4-7-10-13-16-19-22-25-28-31-32-33-34-35-36-37-38-39-40-41-42-44-46-49-52-55-58-61-64-67-73(76)79-70-71(69-78-72(75)66-63-60-57-54-51-48-45-30-27-24-21-18-15-12-9-6-3)80-74(77)68-65-62-59-56-53-50-47-43-29-26-23-20-17-14-11-8-5-2/h7-8,10-11,16-17,19-20,25-26,28-30,32-33,35-36,45,47,50,71H,4-6,9,12-15,18,21-24,27,31,34,37-44,46,48-49,51-70H2,1-3H3/b10-7-,11-8-,19-16-,20-17-,28-25-,29-26-,33-32-,36-35-,45-30-,50-47-. The smallest absolute Gasteiger partial charge is 0.306 e. The Kier molecular flexibility index (Phi) is 63.8. The van der Waals surface area contributed by atoms with E-state index in [-0.39, 0.29) is 31.1 Å². The van der Waals surface area contributed by atoms with Crippen molar-refractivity contribution in [2.24, 2.45) is 0 Å². The van der Waals surface area contributed by atoms with E-state index in [0.717, 1.165) is 135 Å². The summed E-state index contributed by atoms with van der Waals surface area (Å²) in [4.78, 5) is 38.4. The fourth-order valence-electron chi connectivity index (χ4n) is 9.22. The SMILES string of the molecule is CC/C=C\C/C=C\C/C=C\C/C=C\C/C=C\CCCCCCCCCCCCCCCC(=O)OCC(COC(=O)CCCCCCC/C=C\CCCCCCCCC)OC(=O)CCCCCC/C=C\C/C=C\C/C=C\C/C=C\CC. The van der Waals surface area contributed by atoms with Crippen LogP contribution in [0.25, 0.3) is 0 Å². The minimum absolute atomic E-state index is 0.0919. The molecule has 0 heterocycles. The van der Waals surface area contributed by atoms with Crippen molar-refractivity contribution in [3.63, 3.8) is 0 Å². The molecule has 0 aliphatic rings. The summed E-state index contributed by atoms with van der Waals surface area (Å²) in [5, 5.41) is 0. The molecule has 0 aliphatic carbocycles. The maximum Gasteiger partial charge on any atom is 0.306 e. The van der Waals surface area contributed by atoms with Crippen LogP contribution in [0, 0.1) is 0 Å². The number of ether oxygens (including phenoxy) is 3. The number of hydrogen-bond donors (Lipinski definition) is 0. The maximum absolute atomic E-state index is 12.9. The molecule has 0 spiro atoms. The number of carbonyl (C=O) groups excluding carboxylic acids is 3. The molecule has 6 nitrogen and oxygen atoms in total. The van der Waals surface area contributed by atoms with Gasteiger partial charge in [-0.1, -0.05) is 284 Å². The lowest BCUT2D eigenvalue weighted by atomic mass is 10.0. The lowest BCUT2D eigenvalue weighted by Crippen LogP contribution is -2.30. The Balaban J connectivity index is 4.33. The van der Waals surface area contributed by atoms with Crippen LogP contribution >= 0.6 is 0 Å². The molecule has 0 amide bonds. The van der Waals surface area contributed by atoms with E-state index in [1.54, 1.807) is 0 Å². The number of carbonyl (C=O) groups is 3.